The van der Waals surface area contributed by atoms with Crippen LogP contribution < -0.4 is 5.32 Å². The zero-order valence-corrected chi connectivity index (χ0v) is 13.3. The molecule has 0 bridgehead atoms. The maximum Gasteiger partial charge on any atom is 0.340 e. The third-order valence-electron chi connectivity index (χ3n) is 3.78. The summed E-state index contributed by atoms with van der Waals surface area (Å²) < 4.78 is 44.8. The van der Waals surface area contributed by atoms with E-state index in [2.05, 4.69) is 10.1 Å². The summed E-state index contributed by atoms with van der Waals surface area (Å²) in [6.45, 7) is 0.750. The van der Waals surface area contributed by atoms with Crippen LogP contribution in [0.15, 0.2) is 23.1 Å². The van der Waals surface area contributed by atoms with Crippen molar-refractivity contribution in [3.05, 3.63) is 29.6 Å². The van der Waals surface area contributed by atoms with E-state index in [0.717, 1.165) is 32.1 Å². The second-order valence-electron chi connectivity index (χ2n) is 5.12. The number of likely N-dealkylation sites (N-methyl/N-ethyl adjacent to an activating group) is 1. The molecule has 1 atom stereocenters. The average Bonchev–Trinajstić information content (AvgIpc) is 2.54. The number of rotatable bonds is 4. The Morgan fingerprint density at radius 3 is 2.77 bits per heavy atom. The molecule has 1 heterocycles. The van der Waals surface area contributed by atoms with Crippen LogP contribution in [0.1, 0.15) is 23.2 Å². The van der Waals surface area contributed by atoms with E-state index in [0.29, 0.717) is 13.1 Å². The summed E-state index contributed by atoms with van der Waals surface area (Å²) in [6.07, 6.45) is 1.64. The van der Waals surface area contributed by atoms with Crippen LogP contribution in [0.3, 0.4) is 0 Å². The molecule has 1 saturated heterocycles. The molecule has 1 aliphatic heterocycles. The minimum absolute atomic E-state index is 0.0858. The number of hydrogen-bond acceptors (Lipinski definition) is 5. The molecule has 0 radical (unpaired) electrons. The number of hydrogen-bond donors (Lipinski definition) is 1. The first-order valence-corrected chi connectivity index (χ1v) is 8.39. The number of carbonyl (C=O) groups excluding carboxylic acids is 1. The summed E-state index contributed by atoms with van der Waals surface area (Å²) in [6, 6.07) is 3.31. The van der Waals surface area contributed by atoms with Crippen molar-refractivity contribution in [2.75, 3.05) is 27.2 Å². The molecule has 8 heteroatoms. The molecule has 6 nitrogen and oxygen atoms in total. The predicted octanol–water partition coefficient (Wildman–Crippen LogP) is 0.985. The first-order valence-electron chi connectivity index (χ1n) is 6.95. The van der Waals surface area contributed by atoms with Crippen LogP contribution in [0, 0.1) is 5.82 Å². The van der Waals surface area contributed by atoms with Gasteiger partial charge in [-0.05, 0) is 38.1 Å². The van der Waals surface area contributed by atoms with Crippen LogP contribution in [0.2, 0.25) is 0 Å². The Morgan fingerprint density at radius 2 is 2.18 bits per heavy atom. The molecule has 0 saturated carbocycles. The summed E-state index contributed by atoms with van der Waals surface area (Å²) in [5, 5.41) is 3.06. The van der Waals surface area contributed by atoms with E-state index >= 15 is 0 Å². The topological polar surface area (TPSA) is 75.7 Å². The second kappa shape index (κ2) is 6.72. The molecule has 0 aliphatic carbocycles. The molecule has 1 aliphatic rings. The highest BCUT2D eigenvalue weighted by molar-refractivity contribution is 7.89. The summed E-state index contributed by atoms with van der Waals surface area (Å²) >= 11 is 0. The molecular weight excluding hydrogens is 311 g/mol. The van der Waals surface area contributed by atoms with Crippen molar-refractivity contribution in [3.63, 3.8) is 0 Å². The van der Waals surface area contributed by atoms with Crippen LogP contribution in [0.4, 0.5) is 4.39 Å². The molecule has 1 fully saturated rings. The summed E-state index contributed by atoms with van der Waals surface area (Å²) in [5.74, 6) is -1.75. The van der Waals surface area contributed by atoms with Crippen LogP contribution in [-0.2, 0) is 14.8 Å². The average molecular weight is 330 g/mol. The Hall–Kier alpha value is -1.51. The van der Waals surface area contributed by atoms with Crippen molar-refractivity contribution in [2.24, 2.45) is 0 Å². The highest BCUT2D eigenvalue weighted by Crippen LogP contribution is 2.22. The lowest BCUT2D eigenvalue weighted by atomic mass is 10.1. The Balaban J connectivity index is 2.30. The summed E-state index contributed by atoms with van der Waals surface area (Å²) in [7, 11) is -0.855. The number of methoxy groups -OCH3 is 1. The zero-order valence-electron chi connectivity index (χ0n) is 12.5. The highest BCUT2D eigenvalue weighted by Gasteiger charge is 2.30. The number of sulfonamides is 1. The van der Waals surface area contributed by atoms with Gasteiger partial charge in [0.25, 0.3) is 0 Å². The van der Waals surface area contributed by atoms with Gasteiger partial charge in [0.05, 0.1) is 17.6 Å². The largest absolute Gasteiger partial charge is 0.465 e. The van der Waals surface area contributed by atoms with Gasteiger partial charge in [-0.15, -0.1) is 0 Å². The van der Waals surface area contributed by atoms with Gasteiger partial charge < -0.3 is 10.1 Å². The number of benzene rings is 1. The molecule has 1 N–H and O–H groups in total. The standard InChI is InChI=1S/C14H19FN2O4S/c1-16-10-4-3-7-17(9-10)22(19,20)11-5-6-12(13(15)8-11)14(18)21-2/h5-6,8,10,16H,3-4,7,9H2,1-2H3. The molecule has 1 unspecified atom stereocenters. The van der Waals surface area contributed by atoms with Crippen LogP contribution in [0.5, 0.6) is 0 Å². The lowest BCUT2D eigenvalue weighted by molar-refractivity contribution is 0.0595. The van der Waals surface area contributed by atoms with E-state index in [9.17, 15) is 17.6 Å². The van der Waals surface area contributed by atoms with E-state index < -0.39 is 21.8 Å². The van der Waals surface area contributed by atoms with Crippen molar-refractivity contribution in [1.82, 2.24) is 9.62 Å². The molecule has 0 amide bonds. The smallest absolute Gasteiger partial charge is 0.340 e. The third kappa shape index (κ3) is 3.29. The van der Waals surface area contributed by atoms with Crippen LogP contribution in [-0.4, -0.2) is 52.0 Å². The predicted molar refractivity (Wildman–Crippen MR) is 78.6 cm³/mol. The van der Waals surface area contributed by atoms with Gasteiger partial charge >= 0.3 is 5.97 Å². The van der Waals surface area contributed by atoms with Crippen molar-refractivity contribution in [3.8, 4) is 0 Å². The monoisotopic (exact) mass is 330 g/mol. The van der Waals surface area contributed by atoms with Gasteiger partial charge in [0, 0.05) is 19.1 Å². The Bertz CT molecular complexity index is 663. The first kappa shape index (κ1) is 16.9. The van der Waals surface area contributed by atoms with Crippen LogP contribution >= 0.6 is 0 Å². The van der Waals surface area contributed by atoms with E-state index in [1.165, 1.54) is 10.4 Å². The molecule has 1 aromatic rings. The zero-order chi connectivity index (χ0) is 16.3. The summed E-state index contributed by atoms with van der Waals surface area (Å²) in [5.41, 5.74) is -0.284. The van der Waals surface area contributed by atoms with Gasteiger partial charge in [0.2, 0.25) is 10.0 Å². The molecule has 122 valence electrons. The van der Waals surface area contributed by atoms with E-state index in [4.69, 9.17) is 0 Å². The second-order valence-corrected chi connectivity index (χ2v) is 7.06. The maximum absolute atomic E-state index is 13.9. The van der Waals surface area contributed by atoms with Gasteiger partial charge in [-0.2, -0.15) is 4.31 Å². The summed E-state index contributed by atoms with van der Waals surface area (Å²) in [4.78, 5) is 11.2. The number of esters is 1. The van der Waals surface area contributed by atoms with E-state index in [1.807, 2.05) is 0 Å². The quantitative estimate of drug-likeness (QED) is 0.833. The molecule has 22 heavy (non-hydrogen) atoms. The van der Waals surface area contributed by atoms with Crippen molar-refractivity contribution in [1.29, 1.82) is 0 Å². The molecule has 0 aromatic heterocycles. The third-order valence-corrected chi connectivity index (χ3v) is 5.64. The molecule has 2 rings (SSSR count). The van der Waals surface area contributed by atoms with Crippen LogP contribution in [0.25, 0.3) is 0 Å². The maximum atomic E-state index is 13.9. The molecule has 0 spiro atoms. The first-order chi connectivity index (χ1) is 10.4. The fraction of sp³-hybridized carbons (Fsp3) is 0.500. The van der Waals surface area contributed by atoms with Gasteiger partial charge in [0.1, 0.15) is 5.82 Å². The highest BCUT2D eigenvalue weighted by atomic mass is 32.2. The normalized spacial score (nSPS) is 19.9. The molecular formula is C14H19FN2O4S. The number of piperidine rings is 1. The van der Waals surface area contributed by atoms with Gasteiger partial charge in [-0.1, -0.05) is 0 Å². The number of halogens is 1. The van der Waals surface area contributed by atoms with Gasteiger partial charge in [-0.3, -0.25) is 0 Å². The minimum atomic E-state index is -3.78. The van der Waals surface area contributed by atoms with Crippen molar-refractivity contribution < 1.29 is 22.3 Å². The Morgan fingerprint density at radius 1 is 1.45 bits per heavy atom. The fourth-order valence-corrected chi connectivity index (χ4v) is 4.01. The molecule has 1 aromatic carbocycles. The number of nitrogens with zero attached hydrogens (tertiary/aromatic N) is 1. The minimum Gasteiger partial charge on any atom is -0.465 e. The number of carbonyl (C=O) groups is 1. The number of nitrogens with one attached hydrogen (secondary N) is 1. The van der Waals surface area contributed by atoms with Gasteiger partial charge in [0.15, 0.2) is 0 Å². The van der Waals surface area contributed by atoms with Crippen molar-refractivity contribution >= 4 is 16.0 Å². The van der Waals surface area contributed by atoms with E-state index in [1.54, 1.807) is 7.05 Å². The number of ether oxygens (including phenoxy) is 1. The van der Waals surface area contributed by atoms with Crippen molar-refractivity contribution in [2.45, 2.75) is 23.8 Å². The van der Waals surface area contributed by atoms with Gasteiger partial charge in [-0.25, -0.2) is 17.6 Å². The SMILES string of the molecule is CNC1CCCN(S(=O)(=O)c2ccc(C(=O)OC)c(F)c2)C1. The Kier molecular flexibility index (Phi) is 5.15. The van der Waals surface area contributed by atoms with E-state index in [-0.39, 0.29) is 16.5 Å². The lowest BCUT2D eigenvalue weighted by Gasteiger charge is -2.31. The fourth-order valence-electron chi connectivity index (χ4n) is 2.48. The lowest BCUT2D eigenvalue weighted by Crippen LogP contribution is -2.46. The Labute approximate surface area is 129 Å².